The fraction of sp³-hybridized carbons (Fsp3) is 0.0909. The molecule has 1 aliphatic heterocycles. The quantitative estimate of drug-likeness (QED) is 0.446. The molecule has 65 valence electrons. The van der Waals surface area contributed by atoms with Crippen LogP contribution in [0.25, 0.3) is 0 Å². The highest BCUT2D eigenvalue weighted by atomic mass is 16.5. The molecule has 2 aliphatic rings. The van der Waals surface area contributed by atoms with Crippen molar-refractivity contribution >= 4 is 5.97 Å². The van der Waals surface area contributed by atoms with E-state index in [9.17, 15) is 4.79 Å². The molecule has 5 radical (unpaired) electrons. The van der Waals surface area contributed by atoms with Gasteiger partial charge in [-0.2, -0.15) is 0 Å². The van der Waals surface area contributed by atoms with E-state index in [1.807, 2.05) is 31.8 Å². The number of hydrogen-bond acceptors (Lipinski definition) is 2. The number of hydrogen-bond donors (Lipinski definition) is 0. The van der Waals surface area contributed by atoms with E-state index in [1.54, 1.807) is 13.0 Å². The average molecular weight is 173 g/mol. The average Bonchev–Trinajstić information content (AvgIpc) is 2.63. The number of rotatable bonds is 1. The zero-order valence-electron chi connectivity index (χ0n) is 7.28. The van der Waals surface area contributed by atoms with Gasteiger partial charge in [-0.25, -0.2) is 4.79 Å². The fourth-order valence-corrected chi connectivity index (χ4v) is 1.28. The first-order valence-corrected chi connectivity index (χ1v) is 4.09. The Bertz CT molecular complexity index is 280. The summed E-state index contributed by atoms with van der Waals surface area (Å²) >= 11 is 0. The molecule has 1 heterocycles. The Hall–Kier alpha value is -1.05. The third-order valence-corrected chi connectivity index (χ3v) is 1.86. The number of esters is 1. The number of cyclic esters (lactones) is 1. The molecule has 0 atom stereocenters. The Balaban J connectivity index is 2.10. The summed E-state index contributed by atoms with van der Waals surface area (Å²) in [6.45, 7) is 1.77. The minimum Gasteiger partial charge on any atom is -0.428 e. The molecule has 2 heteroatoms. The van der Waals surface area contributed by atoms with Crippen molar-refractivity contribution < 1.29 is 9.53 Å². The lowest BCUT2D eigenvalue weighted by atomic mass is 10.0. The van der Waals surface area contributed by atoms with E-state index < -0.39 is 0 Å². The summed E-state index contributed by atoms with van der Waals surface area (Å²) in [6.07, 6.45) is 11.3. The maximum absolute atomic E-state index is 11.2. The van der Waals surface area contributed by atoms with Crippen molar-refractivity contribution in [3.63, 3.8) is 0 Å². The third-order valence-electron chi connectivity index (χ3n) is 1.86. The van der Waals surface area contributed by atoms with Crippen molar-refractivity contribution in [3.8, 4) is 0 Å². The van der Waals surface area contributed by atoms with Gasteiger partial charge in [0.05, 0.1) is 5.57 Å². The summed E-state index contributed by atoms with van der Waals surface area (Å²) in [5.74, 6) is 1.42. The van der Waals surface area contributed by atoms with Crippen LogP contribution in [0, 0.1) is 31.6 Å². The molecule has 2 rings (SSSR count). The van der Waals surface area contributed by atoms with Gasteiger partial charge in [-0.05, 0) is 38.7 Å². The van der Waals surface area contributed by atoms with Crippen molar-refractivity contribution in [2.75, 3.05) is 0 Å². The Kier molecular flexibility index (Phi) is 2.21. The van der Waals surface area contributed by atoms with E-state index in [0.29, 0.717) is 11.3 Å². The molecule has 0 aromatic heterocycles. The zero-order chi connectivity index (χ0) is 9.26. The highest BCUT2D eigenvalue weighted by Gasteiger charge is 2.21. The lowest BCUT2D eigenvalue weighted by molar-refractivity contribution is -0.133. The molecule has 13 heavy (non-hydrogen) atoms. The first kappa shape index (κ1) is 8.54. The van der Waals surface area contributed by atoms with Crippen LogP contribution in [0.4, 0.5) is 0 Å². The SMILES string of the molecule is CC1=C/C(=C\[C]2[CH][CH][CH][CH]2)C(=O)O1. The zero-order valence-corrected chi connectivity index (χ0v) is 7.28. The molecule has 0 aromatic carbocycles. The molecule has 1 saturated carbocycles. The van der Waals surface area contributed by atoms with Gasteiger partial charge < -0.3 is 4.74 Å². The van der Waals surface area contributed by atoms with E-state index >= 15 is 0 Å². The summed E-state index contributed by atoms with van der Waals surface area (Å²) < 4.78 is 4.88. The van der Waals surface area contributed by atoms with Crippen LogP contribution in [0.15, 0.2) is 23.5 Å². The molecular weight excluding hydrogens is 164 g/mol. The molecule has 2 nitrogen and oxygen atoms in total. The first-order chi connectivity index (χ1) is 6.25. The predicted octanol–water partition coefficient (Wildman–Crippen LogP) is 1.78. The van der Waals surface area contributed by atoms with Crippen LogP contribution in [0.2, 0.25) is 0 Å². The highest BCUT2D eigenvalue weighted by molar-refractivity contribution is 5.95. The van der Waals surface area contributed by atoms with Crippen LogP contribution in [0.1, 0.15) is 6.92 Å². The van der Waals surface area contributed by atoms with Gasteiger partial charge >= 0.3 is 5.97 Å². The smallest absolute Gasteiger partial charge is 0.343 e. The lowest BCUT2D eigenvalue weighted by Crippen LogP contribution is -1.98. The van der Waals surface area contributed by atoms with Crippen molar-refractivity contribution in [1.82, 2.24) is 0 Å². The molecule has 0 aromatic rings. The summed E-state index contributed by atoms with van der Waals surface area (Å²) in [4.78, 5) is 11.2. The van der Waals surface area contributed by atoms with Crippen LogP contribution in [0.3, 0.4) is 0 Å². The van der Waals surface area contributed by atoms with Crippen molar-refractivity contribution in [2.24, 2.45) is 0 Å². The Morgan fingerprint density at radius 1 is 1.31 bits per heavy atom. The van der Waals surface area contributed by atoms with E-state index in [2.05, 4.69) is 0 Å². The van der Waals surface area contributed by atoms with Gasteiger partial charge in [-0.15, -0.1) is 0 Å². The van der Waals surface area contributed by atoms with Crippen LogP contribution in [-0.4, -0.2) is 5.97 Å². The first-order valence-electron chi connectivity index (χ1n) is 4.09. The number of ether oxygens (including phenoxy) is 1. The monoisotopic (exact) mass is 173 g/mol. The molecule has 0 saturated heterocycles. The van der Waals surface area contributed by atoms with Gasteiger partial charge in [-0.3, -0.25) is 0 Å². The molecule has 0 bridgehead atoms. The van der Waals surface area contributed by atoms with E-state index in [4.69, 9.17) is 4.74 Å². The molecular formula is C11H9O2. The Morgan fingerprint density at radius 3 is 2.54 bits per heavy atom. The summed E-state index contributed by atoms with van der Waals surface area (Å²) in [7, 11) is 0. The maximum Gasteiger partial charge on any atom is 0.343 e. The summed E-state index contributed by atoms with van der Waals surface area (Å²) in [5.41, 5.74) is 0.615. The molecule has 1 fully saturated rings. The topological polar surface area (TPSA) is 26.3 Å². The summed E-state index contributed by atoms with van der Waals surface area (Å²) in [6, 6.07) is 0. The standard InChI is InChI=1S/C11H9O2/c1-8-6-10(11(12)13-8)7-9-4-2-3-5-9/h2-7H,1H3/b10-7+. The van der Waals surface area contributed by atoms with Crippen molar-refractivity contribution in [1.29, 1.82) is 0 Å². The number of carbonyl (C=O) groups excluding carboxylic acids is 1. The minimum atomic E-state index is -0.265. The fourth-order valence-electron chi connectivity index (χ4n) is 1.28. The second-order valence-corrected chi connectivity index (χ2v) is 2.96. The normalized spacial score (nSPS) is 26.7. The van der Waals surface area contributed by atoms with Gasteiger partial charge in [0.15, 0.2) is 0 Å². The molecule has 0 spiro atoms. The molecule has 0 amide bonds. The summed E-state index contributed by atoms with van der Waals surface area (Å²) in [5, 5.41) is 0. The van der Waals surface area contributed by atoms with E-state index in [-0.39, 0.29) is 5.97 Å². The highest BCUT2D eigenvalue weighted by Crippen LogP contribution is 2.27. The van der Waals surface area contributed by atoms with Gasteiger partial charge in [0.2, 0.25) is 0 Å². The molecule has 0 N–H and O–H groups in total. The van der Waals surface area contributed by atoms with E-state index in [1.165, 1.54) is 0 Å². The maximum atomic E-state index is 11.2. The minimum absolute atomic E-state index is 0.265. The Labute approximate surface area is 78.3 Å². The molecule has 0 unspecified atom stereocenters. The van der Waals surface area contributed by atoms with Crippen molar-refractivity contribution in [3.05, 3.63) is 55.1 Å². The van der Waals surface area contributed by atoms with Crippen LogP contribution >= 0.6 is 0 Å². The van der Waals surface area contributed by atoms with Crippen LogP contribution in [-0.2, 0) is 9.53 Å². The van der Waals surface area contributed by atoms with Gasteiger partial charge in [0.25, 0.3) is 0 Å². The van der Waals surface area contributed by atoms with Crippen molar-refractivity contribution in [2.45, 2.75) is 6.92 Å². The van der Waals surface area contributed by atoms with E-state index in [0.717, 1.165) is 5.92 Å². The second-order valence-electron chi connectivity index (χ2n) is 2.96. The van der Waals surface area contributed by atoms with Crippen LogP contribution in [0.5, 0.6) is 0 Å². The number of carbonyl (C=O) groups is 1. The van der Waals surface area contributed by atoms with Gasteiger partial charge in [0.1, 0.15) is 5.76 Å². The van der Waals surface area contributed by atoms with Gasteiger partial charge in [0, 0.05) is 5.92 Å². The Morgan fingerprint density at radius 2 is 2.00 bits per heavy atom. The molecule has 1 aliphatic carbocycles. The lowest BCUT2D eigenvalue weighted by Gasteiger charge is -1.99. The number of allylic oxidation sites excluding steroid dienone is 2. The predicted molar refractivity (Wildman–Crippen MR) is 48.4 cm³/mol. The second kappa shape index (κ2) is 3.36. The third kappa shape index (κ3) is 1.82. The van der Waals surface area contributed by atoms with Gasteiger partial charge in [-0.1, -0.05) is 6.08 Å². The largest absolute Gasteiger partial charge is 0.428 e. The van der Waals surface area contributed by atoms with Crippen LogP contribution < -0.4 is 0 Å².